The van der Waals surface area contributed by atoms with Crippen LogP contribution in [0.3, 0.4) is 0 Å². The van der Waals surface area contributed by atoms with Crippen molar-refractivity contribution in [2.45, 2.75) is 26.0 Å². The molecular formula is C12H16FNO3. The monoisotopic (exact) mass is 241 g/mol. The molecule has 0 aliphatic heterocycles. The fraction of sp³-hybridized carbons (Fsp3) is 0.417. The quantitative estimate of drug-likeness (QED) is 0.811. The van der Waals surface area contributed by atoms with Crippen LogP contribution in [0.5, 0.6) is 5.75 Å². The van der Waals surface area contributed by atoms with Gasteiger partial charge in [-0.05, 0) is 38.1 Å². The summed E-state index contributed by atoms with van der Waals surface area (Å²) in [5.41, 5.74) is 0. The molecule has 0 aliphatic carbocycles. The van der Waals surface area contributed by atoms with Gasteiger partial charge in [0.1, 0.15) is 11.6 Å². The summed E-state index contributed by atoms with van der Waals surface area (Å²) < 4.78 is 18.0. The molecule has 1 amide bonds. The molecule has 1 aromatic rings. The molecule has 0 fully saturated rings. The lowest BCUT2D eigenvalue weighted by Crippen LogP contribution is -2.42. The molecule has 0 saturated carbocycles. The van der Waals surface area contributed by atoms with Crippen LogP contribution in [0, 0.1) is 5.82 Å². The first-order valence-electron chi connectivity index (χ1n) is 5.36. The molecule has 94 valence electrons. The summed E-state index contributed by atoms with van der Waals surface area (Å²) in [6.45, 7) is 3.14. The Hall–Kier alpha value is -1.62. The first kappa shape index (κ1) is 13.4. The number of rotatable bonds is 5. The topological polar surface area (TPSA) is 58.6 Å². The Morgan fingerprint density at radius 2 is 2.00 bits per heavy atom. The zero-order valence-electron chi connectivity index (χ0n) is 9.81. The highest BCUT2D eigenvalue weighted by atomic mass is 19.1. The van der Waals surface area contributed by atoms with E-state index in [0.717, 1.165) is 0 Å². The van der Waals surface area contributed by atoms with Crippen molar-refractivity contribution in [1.29, 1.82) is 0 Å². The maximum absolute atomic E-state index is 12.6. The normalized spacial score (nSPS) is 13.9. The van der Waals surface area contributed by atoms with E-state index in [-0.39, 0.29) is 24.4 Å². The predicted octanol–water partition coefficient (Wildman–Crippen LogP) is 1.09. The lowest BCUT2D eigenvalue weighted by atomic mass is 10.3. The SMILES string of the molecule is CC(Oc1ccc(F)cc1)C(=O)N[C@@H](C)CO. The number of amides is 1. The lowest BCUT2D eigenvalue weighted by molar-refractivity contribution is -0.128. The summed E-state index contributed by atoms with van der Waals surface area (Å²) in [7, 11) is 0. The van der Waals surface area contributed by atoms with Crippen LogP contribution in [0.25, 0.3) is 0 Å². The number of halogens is 1. The smallest absolute Gasteiger partial charge is 0.261 e. The van der Waals surface area contributed by atoms with Gasteiger partial charge in [-0.1, -0.05) is 0 Å². The fourth-order valence-corrected chi connectivity index (χ4v) is 1.18. The minimum atomic E-state index is -0.700. The van der Waals surface area contributed by atoms with Crippen LogP contribution in [0.1, 0.15) is 13.8 Å². The minimum absolute atomic E-state index is 0.130. The number of carbonyl (C=O) groups is 1. The maximum Gasteiger partial charge on any atom is 0.261 e. The van der Waals surface area contributed by atoms with Crippen LogP contribution in [0.2, 0.25) is 0 Å². The Morgan fingerprint density at radius 1 is 1.41 bits per heavy atom. The molecule has 0 aromatic heterocycles. The molecule has 1 aromatic carbocycles. The van der Waals surface area contributed by atoms with Crippen LogP contribution < -0.4 is 10.1 Å². The average Bonchev–Trinajstić information content (AvgIpc) is 2.31. The van der Waals surface area contributed by atoms with Crippen LogP contribution in [0.15, 0.2) is 24.3 Å². The molecule has 2 atom stereocenters. The van der Waals surface area contributed by atoms with E-state index in [2.05, 4.69) is 5.32 Å². The van der Waals surface area contributed by atoms with E-state index in [0.29, 0.717) is 5.75 Å². The Morgan fingerprint density at radius 3 is 2.53 bits per heavy atom. The summed E-state index contributed by atoms with van der Waals surface area (Å²) in [6.07, 6.45) is -0.700. The largest absolute Gasteiger partial charge is 0.481 e. The summed E-state index contributed by atoms with van der Waals surface area (Å²) in [6, 6.07) is 5.11. The van der Waals surface area contributed by atoms with Crippen LogP contribution in [0.4, 0.5) is 4.39 Å². The number of hydrogen-bond donors (Lipinski definition) is 2. The van der Waals surface area contributed by atoms with Crippen molar-refractivity contribution in [2.75, 3.05) is 6.61 Å². The fourth-order valence-electron chi connectivity index (χ4n) is 1.18. The summed E-state index contributed by atoms with van der Waals surface area (Å²) in [5, 5.41) is 11.4. The Kier molecular flexibility index (Phi) is 4.90. The molecule has 4 nitrogen and oxygen atoms in total. The molecule has 0 heterocycles. The molecule has 0 aliphatic rings. The average molecular weight is 241 g/mol. The Bertz CT molecular complexity index is 367. The number of carbonyl (C=O) groups excluding carboxylic acids is 1. The number of aliphatic hydroxyl groups excluding tert-OH is 1. The van der Waals surface area contributed by atoms with Gasteiger partial charge in [0.2, 0.25) is 0 Å². The Labute approximate surface area is 99.4 Å². The molecule has 0 spiro atoms. The molecule has 1 rings (SSSR count). The number of nitrogens with one attached hydrogen (secondary N) is 1. The van der Waals surface area contributed by atoms with Gasteiger partial charge in [-0.25, -0.2) is 4.39 Å². The van der Waals surface area contributed by atoms with Crippen molar-refractivity contribution in [2.24, 2.45) is 0 Å². The zero-order chi connectivity index (χ0) is 12.8. The second-order valence-corrected chi connectivity index (χ2v) is 3.81. The highest BCUT2D eigenvalue weighted by Crippen LogP contribution is 2.12. The molecule has 0 saturated heterocycles. The van der Waals surface area contributed by atoms with Crippen molar-refractivity contribution in [3.63, 3.8) is 0 Å². The van der Waals surface area contributed by atoms with Gasteiger partial charge in [0.15, 0.2) is 6.10 Å². The zero-order valence-corrected chi connectivity index (χ0v) is 9.81. The van der Waals surface area contributed by atoms with Crippen molar-refractivity contribution >= 4 is 5.91 Å². The second kappa shape index (κ2) is 6.20. The number of benzene rings is 1. The van der Waals surface area contributed by atoms with E-state index in [4.69, 9.17) is 9.84 Å². The first-order chi connectivity index (χ1) is 8.02. The summed E-state index contributed by atoms with van der Waals surface area (Å²) in [5.74, 6) is -0.259. The van der Waals surface area contributed by atoms with Gasteiger partial charge >= 0.3 is 0 Å². The lowest BCUT2D eigenvalue weighted by Gasteiger charge is -2.17. The van der Waals surface area contributed by atoms with E-state index in [1.807, 2.05) is 0 Å². The van der Waals surface area contributed by atoms with Crippen molar-refractivity contribution < 1.29 is 19.0 Å². The Balaban J connectivity index is 2.51. The highest BCUT2D eigenvalue weighted by Gasteiger charge is 2.16. The molecule has 0 radical (unpaired) electrons. The van der Waals surface area contributed by atoms with Gasteiger partial charge in [0, 0.05) is 6.04 Å². The molecular weight excluding hydrogens is 225 g/mol. The number of aliphatic hydroxyl groups is 1. The van der Waals surface area contributed by atoms with Crippen molar-refractivity contribution in [3.8, 4) is 5.75 Å². The third-order valence-corrected chi connectivity index (χ3v) is 2.16. The number of ether oxygens (including phenoxy) is 1. The highest BCUT2D eigenvalue weighted by molar-refractivity contribution is 5.80. The molecule has 5 heteroatoms. The third kappa shape index (κ3) is 4.40. The van der Waals surface area contributed by atoms with E-state index in [1.165, 1.54) is 24.3 Å². The second-order valence-electron chi connectivity index (χ2n) is 3.81. The van der Waals surface area contributed by atoms with Gasteiger partial charge < -0.3 is 15.2 Å². The summed E-state index contributed by atoms with van der Waals surface area (Å²) >= 11 is 0. The van der Waals surface area contributed by atoms with Crippen molar-refractivity contribution in [1.82, 2.24) is 5.32 Å². The van der Waals surface area contributed by atoms with Gasteiger partial charge in [-0.2, -0.15) is 0 Å². The molecule has 0 bridgehead atoms. The maximum atomic E-state index is 12.6. The number of hydrogen-bond acceptors (Lipinski definition) is 3. The van der Waals surface area contributed by atoms with Crippen LogP contribution in [-0.4, -0.2) is 29.8 Å². The van der Waals surface area contributed by atoms with Crippen molar-refractivity contribution in [3.05, 3.63) is 30.1 Å². The van der Waals surface area contributed by atoms with E-state index in [9.17, 15) is 9.18 Å². The standard InChI is InChI=1S/C12H16FNO3/c1-8(7-15)14-12(16)9(2)17-11-5-3-10(13)4-6-11/h3-6,8-9,15H,7H2,1-2H3,(H,14,16)/t8-,9?/m0/s1. The molecule has 1 unspecified atom stereocenters. The molecule has 17 heavy (non-hydrogen) atoms. The molecule has 2 N–H and O–H groups in total. The van der Waals surface area contributed by atoms with Gasteiger partial charge in [0.25, 0.3) is 5.91 Å². The van der Waals surface area contributed by atoms with Crippen LogP contribution >= 0.6 is 0 Å². The van der Waals surface area contributed by atoms with E-state index in [1.54, 1.807) is 13.8 Å². The minimum Gasteiger partial charge on any atom is -0.481 e. The van der Waals surface area contributed by atoms with Crippen LogP contribution in [-0.2, 0) is 4.79 Å². The van der Waals surface area contributed by atoms with E-state index >= 15 is 0 Å². The van der Waals surface area contributed by atoms with Gasteiger partial charge in [-0.3, -0.25) is 4.79 Å². The third-order valence-electron chi connectivity index (χ3n) is 2.16. The predicted molar refractivity (Wildman–Crippen MR) is 61.2 cm³/mol. The van der Waals surface area contributed by atoms with Gasteiger partial charge in [0.05, 0.1) is 6.61 Å². The van der Waals surface area contributed by atoms with E-state index < -0.39 is 6.10 Å². The summed E-state index contributed by atoms with van der Waals surface area (Å²) in [4.78, 5) is 11.6. The van der Waals surface area contributed by atoms with Gasteiger partial charge in [-0.15, -0.1) is 0 Å². The first-order valence-corrected chi connectivity index (χ1v) is 5.36.